The maximum atomic E-state index is 14.2. The summed E-state index contributed by atoms with van der Waals surface area (Å²) in [6.45, 7) is 1.74. The molecule has 2 aromatic heterocycles. The molecule has 4 aromatic rings. The van der Waals surface area contributed by atoms with Crippen molar-refractivity contribution in [2.24, 2.45) is 10.9 Å². The number of carbonyl (C=O) groups is 1. The molecule has 7 nitrogen and oxygen atoms in total. The zero-order valence-corrected chi connectivity index (χ0v) is 19.4. The fourth-order valence-electron chi connectivity index (χ4n) is 3.99. The van der Waals surface area contributed by atoms with Crippen LogP contribution in [-0.2, 0) is 10.5 Å². The van der Waals surface area contributed by atoms with Crippen molar-refractivity contribution in [3.8, 4) is 0 Å². The number of hydrogen-bond acceptors (Lipinski definition) is 6. The summed E-state index contributed by atoms with van der Waals surface area (Å²) in [7, 11) is 0. The Kier molecular flexibility index (Phi) is 6.37. The molecule has 0 radical (unpaired) electrons. The van der Waals surface area contributed by atoms with E-state index in [-0.39, 0.29) is 11.7 Å². The Morgan fingerprint density at radius 1 is 1.11 bits per heavy atom. The Morgan fingerprint density at radius 3 is 2.74 bits per heavy atom. The Balaban J connectivity index is 1.50. The highest BCUT2D eigenvalue weighted by atomic mass is 32.2. The molecule has 10 heteroatoms. The quantitative estimate of drug-likeness (QED) is 0.376. The summed E-state index contributed by atoms with van der Waals surface area (Å²) < 4.78 is 29.8. The Bertz CT molecular complexity index is 1410. The van der Waals surface area contributed by atoms with Crippen LogP contribution in [0, 0.1) is 17.6 Å². The molecule has 0 aliphatic carbocycles. The fraction of sp³-hybridized carbons (Fsp3) is 0.160. The van der Waals surface area contributed by atoms with Gasteiger partial charge < -0.3 is 5.32 Å². The minimum absolute atomic E-state index is 0.303. The summed E-state index contributed by atoms with van der Waals surface area (Å²) in [5.74, 6) is -1.19. The number of aliphatic imine (C=N–C) groups is 1. The van der Waals surface area contributed by atoms with E-state index in [9.17, 15) is 13.6 Å². The molecule has 1 aliphatic heterocycles. The van der Waals surface area contributed by atoms with Crippen molar-refractivity contribution in [3.05, 3.63) is 95.8 Å². The van der Waals surface area contributed by atoms with Crippen LogP contribution < -0.4 is 5.32 Å². The molecule has 0 saturated heterocycles. The molecule has 176 valence electrons. The lowest BCUT2D eigenvalue weighted by Crippen LogP contribution is -2.39. The van der Waals surface area contributed by atoms with E-state index in [0.29, 0.717) is 39.4 Å². The number of hydrogen-bond donors (Lipinski definition) is 1. The second kappa shape index (κ2) is 9.75. The van der Waals surface area contributed by atoms with Gasteiger partial charge in [0.1, 0.15) is 17.6 Å². The van der Waals surface area contributed by atoms with E-state index in [1.54, 1.807) is 66.5 Å². The number of rotatable bonds is 6. The standard InChI is InChI=1S/C25H20F2N6OS/c1-15-21(23(34)30-19-9-5-11-28-13-19)22(16-7-4-8-18(26)12-16)33-24(29-15)31-25(32-33)35-14-17-6-2-3-10-20(17)27/h2-13,21-22H,14H2,1H3,(H,30,34). The van der Waals surface area contributed by atoms with Crippen LogP contribution in [0.5, 0.6) is 0 Å². The SMILES string of the molecule is CC1=Nc2nc(SCc3ccccc3F)nn2C(c2cccc(F)c2)C1C(=O)Nc1cccnc1. The molecule has 1 aliphatic rings. The van der Waals surface area contributed by atoms with Gasteiger partial charge in [0.15, 0.2) is 0 Å². The molecule has 1 amide bonds. The van der Waals surface area contributed by atoms with Crippen LogP contribution in [-0.4, -0.2) is 31.4 Å². The van der Waals surface area contributed by atoms with Gasteiger partial charge in [0.25, 0.3) is 0 Å². The normalized spacial score (nSPS) is 16.9. The number of amides is 1. The lowest BCUT2D eigenvalue weighted by atomic mass is 9.87. The van der Waals surface area contributed by atoms with Gasteiger partial charge in [-0.05, 0) is 48.4 Å². The van der Waals surface area contributed by atoms with Crippen molar-refractivity contribution in [1.29, 1.82) is 0 Å². The first kappa shape index (κ1) is 22.9. The van der Waals surface area contributed by atoms with E-state index >= 15 is 0 Å². The van der Waals surface area contributed by atoms with Crippen molar-refractivity contribution in [1.82, 2.24) is 19.7 Å². The molecule has 5 rings (SSSR count). The van der Waals surface area contributed by atoms with Crippen LogP contribution in [0.4, 0.5) is 20.4 Å². The molecule has 1 N–H and O–H groups in total. The molecule has 2 unspecified atom stereocenters. The predicted molar refractivity (Wildman–Crippen MR) is 130 cm³/mol. The summed E-state index contributed by atoms with van der Waals surface area (Å²) >= 11 is 1.26. The minimum Gasteiger partial charge on any atom is -0.324 e. The molecule has 0 bridgehead atoms. The topological polar surface area (TPSA) is 85.1 Å². The lowest BCUT2D eigenvalue weighted by Gasteiger charge is -2.30. The summed E-state index contributed by atoms with van der Waals surface area (Å²) in [4.78, 5) is 26.4. The van der Waals surface area contributed by atoms with E-state index in [1.807, 2.05) is 0 Å². The van der Waals surface area contributed by atoms with Gasteiger partial charge in [-0.1, -0.05) is 42.1 Å². The van der Waals surface area contributed by atoms with Gasteiger partial charge >= 0.3 is 0 Å². The van der Waals surface area contributed by atoms with E-state index in [0.717, 1.165) is 0 Å². The molecule has 0 fully saturated rings. The van der Waals surface area contributed by atoms with Crippen LogP contribution in [0.25, 0.3) is 0 Å². The number of thioether (sulfide) groups is 1. The van der Waals surface area contributed by atoms with Gasteiger partial charge in [-0.15, -0.1) is 5.10 Å². The Morgan fingerprint density at radius 2 is 1.97 bits per heavy atom. The van der Waals surface area contributed by atoms with Crippen LogP contribution in [0.2, 0.25) is 0 Å². The van der Waals surface area contributed by atoms with E-state index in [4.69, 9.17) is 0 Å². The van der Waals surface area contributed by atoms with E-state index < -0.39 is 17.8 Å². The molecular formula is C25H20F2N6OS. The van der Waals surface area contributed by atoms with Crippen molar-refractivity contribution in [3.63, 3.8) is 0 Å². The van der Waals surface area contributed by atoms with Gasteiger partial charge in [0.2, 0.25) is 17.0 Å². The number of nitrogens with one attached hydrogen (secondary N) is 1. The fourth-order valence-corrected chi connectivity index (χ4v) is 4.80. The minimum atomic E-state index is -0.768. The first-order valence-electron chi connectivity index (χ1n) is 10.8. The lowest BCUT2D eigenvalue weighted by molar-refractivity contribution is -0.118. The average molecular weight is 491 g/mol. The van der Waals surface area contributed by atoms with Gasteiger partial charge in [-0.2, -0.15) is 4.98 Å². The van der Waals surface area contributed by atoms with Gasteiger partial charge in [-0.3, -0.25) is 9.78 Å². The zero-order chi connectivity index (χ0) is 24.4. The second-order valence-electron chi connectivity index (χ2n) is 7.98. The number of aromatic nitrogens is 4. The highest BCUT2D eigenvalue weighted by Crippen LogP contribution is 2.37. The summed E-state index contributed by atoms with van der Waals surface area (Å²) in [6.07, 6.45) is 3.16. The van der Waals surface area contributed by atoms with Crippen molar-refractivity contribution in [2.45, 2.75) is 23.9 Å². The number of halogens is 2. The maximum absolute atomic E-state index is 14.2. The molecule has 0 spiro atoms. The Labute approximate surface area is 204 Å². The van der Waals surface area contributed by atoms with Crippen LogP contribution in [0.3, 0.4) is 0 Å². The molecule has 3 heterocycles. The third-order valence-corrected chi connectivity index (χ3v) is 6.50. The number of nitrogens with zero attached hydrogens (tertiary/aromatic N) is 5. The first-order valence-corrected chi connectivity index (χ1v) is 11.8. The maximum Gasteiger partial charge on any atom is 0.249 e. The third kappa shape index (κ3) is 4.83. The molecule has 2 aromatic carbocycles. The summed E-state index contributed by atoms with van der Waals surface area (Å²) in [5.41, 5.74) is 2.14. The monoisotopic (exact) mass is 490 g/mol. The molecule has 2 atom stereocenters. The summed E-state index contributed by atoms with van der Waals surface area (Å²) in [6, 6.07) is 15.3. The predicted octanol–water partition coefficient (Wildman–Crippen LogP) is 5.19. The van der Waals surface area contributed by atoms with Crippen molar-refractivity contribution in [2.75, 3.05) is 5.32 Å². The van der Waals surface area contributed by atoms with E-state index in [2.05, 4.69) is 25.4 Å². The van der Waals surface area contributed by atoms with Crippen molar-refractivity contribution >= 4 is 35.0 Å². The molecule has 35 heavy (non-hydrogen) atoms. The zero-order valence-electron chi connectivity index (χ0n) is 18.6. The highest BCUT2D eigenvalue weighted by Gasteiger charge is 2.39. The Hall–Kier alpha value is -3.92. The molecule has 0 saturated carbocycles. The highest BCUT2D eigenvalue weighted by molar-refractivity contribution is 7.98. The van der Waals surface area contributed by atoms with Crippen LogP contribution in [0.15, 0.2) is 83.2 Å². The van der Waals surface area contributed by atoms with Gasteiger partial charge in [-0.25, -0.2) is 18.5 Å². The van der Waals surface area contributed by atoms with Crippen LogP contribution >= 0.6 is 11.8 Å². The largest absolute Gasteiger partial charge is 0.324 e. The first-order chi connectivity index (χ1) is 17.0. The van der Waals surface area contributed by atoms with Gasteiger partial charge in [0, 0.05) is 17.7 Å². The number of carbonyl (C=O) groups excluding carboxylic acids is 1. The van der Waals surface area contributed by atoms with E-state index in [1.165, 1.54) is 30.0 Å². The van der Waals surface area contributed by atoms with Crippen molar-refractivity contribution < 1.29 is 13.6 Å². The number of pyridine rings is 1. The van der Waals surface area contributed by atoms with Gasteiger partial charge in [0.05, 0.1) is 17.9 Å². The third-order valence-electron chi connectivity index (χ3n) is 5.62. The second-order valence-corrected chi connectivity index (χ2v) is 8.92. The smallest absolute Gasteiger partial charge is 0.249 e. The number of anilines is 1. The number of benzene rings is 2. The summed E-state index contributed by atoms with van der Waals surface area (Å²) in [5, 5.41) is 7.83. The molecular weight excluding hydrogens is 470 g/mol. The average Bonchev–Trinajstić information content (AvgIpc) is 3.25. The van der Waals surface area contributed by atoms with Crippen LogP contribution in [0.1, 0.15) is 24.1 Å². The number of fused-ring (bicyclic) bond motifs is 1.